The van der Waals surface area contributed by atoms with Crippen LogP contribution in [0.15, 0.2) is 103 Å². The van der Waals surface area contributed by atoms with E-state index in [4.69, 9.17) is 14.2 Å². The van der Waals surface area contributed by atoms with E-state index in [1.165, 1.54) is 51.0 Å². The zero-order valence-corrected chi connectivity index (χ0v) is 24.3. The van der Waals surface area contributed by atoms with Crippen LogP contribution >= 0.6 is 0 Å². The minimum absolute atomic E-state index is 0.649. The molecular weight excluding hydrogens is 520 g/mol. The van der Waals surface area contributed by atoms with E-state index in [0.717, 1.165) is 46.7 Å². The van der Waals surface area contributed by atoms with Crippen molar-refractivity contribution < 1.29 is 14.2 Å². The topological polar surface area (TPSA) is 34.2 Å². The number of benzene rings is 4. The Labute approximate surface area is 249 Å². The molecule has 3 aliphatic heterocycles. The molecule has 0 aromatic heterocycles. The molecule has 1 saturated heterocycles. The third kappa shape index (κ3) is 5.14. The molecule has 0 N–H and O–H groups in total. The molecular formula is C37H38N2O3. The molecule has 0 bridgehead atoms. The maximum atomic E-state index is 6.80. The van der Waals surface area contributed by atoms with Crippen LogP contribution in [0.2, 0.25) is 0 Å². The minimum atomic E-state index is -1.08. The number of piperidine rings is 1. The summed E-state index contributed by atoms with van der Waals surface area (Å²) in [6, 6.07) is 33.0. The first-order valence-electron chi connectivity index (χ1n) is 15.3. The molecule has 42 heavy (non-hydrogen) atoms. The van der Waals surface area contributed by atoms with Crippen LogP contribution in [0.1, 0.15) is 47.9 Å². The second kappa shape index (κ2) is 11.6. The summed E-state index contributed by atoms with van der Waals surface area (Å²) in [5, 5.41) is 0. The highest BCUT2D eigenvalue weighted by Gasteiger charge is 2.47. The molecule has 3 heterocycles. The van der Waals surface area contributed by atoms with Crippen molar-refractivity contribution in [3.8, 4) is 17.2 Å². The van der Waals surface area contributed by atoms with E-state index in [-0.39, 0.29) is 0 Å². The molecule has 0 amide bonds. The Kier molecular flexibility index (Phi) is 7.35. The third-order valence-corrected chi connectivity index (χ3v) is 8.69. The van der Waals surface area contributed by atoms with Gasteiger partial charge in [-0.25, -0.2) is 0 Å². The molecule has 5 nitrogen and oxygen atoms in total. The van der Waals surface area contributed by atoms with Crippen molar-refractivity contribution in [2.45, 2.75) is 37.9 Å². The summed E-state index contributed by atoms with van der Waals surface area (Å²) in [6.07, 6.45) is 8.20. The summed E-state index contributed by atoms with van der Waals surface area (Å²) in [5.74, 6) is 1.83. The van der Waals surface area contributed by atoms with Gasteiger partial charge in [-0.05, 0) is 81.7 Å². The Morgan fingerprint density at radius 1 is 0.738 bits per heavy atom. The quantitative estimate of drug-likeness (QED) is 0.222. The zero-order valence-electron chi connectivity index (χ0n) is 24.3. The van der Waals surface area contributed by atoms with Gasteiger partial charge in [0, 0.05) is 41.5 Å². The monoisotopic (exact) mass is 558 g/mol. The molecule has 0 aliphatic carbocycles. The van der Waals surface area contributed by atoms with Crippen molar-refractivity contribution >= 4 is 11.4 Å². The van der Waals surface area contributed by atoms with Crippen LogP contribution in [0, 0.1) is 0 Å². The molecule has 4 aromatic rings. The van der Waals surface area contributed by atoms with Gasteiger partial charge in [-0.3, -0.25) is 0 Å². The van der Waals surface area contributed by atoms with Gasteiger partial charge in [-0.15, -0.1) is 0 Å². The first kappa shape index (κ1) is 26.7. The molecule has 0 spiro atoms. The average molecular weight is 559 g/mol. The fraction of sp³-hybridized carbons (Fsp3) is 0.297. The highest BCUT2D eigenvalue weighted by Crippen LogP contribution is 2.54. The molecule has 0 unspecified atom stereocenters. The first-order chi connectivity index (χ1) is 20.7. The standard InChI is InChI=1S/C37H38N2O3/c1-38(24-11-27-39-25-9-4-10-26-39)32-20-16-28(17-21-32)33-22-18-29-19-23-34-36(35(29)40-33)42-37(41-34,30-12-5-2-6-13-30)31-14-7-3-8-15-31/h2-3,5-8,12-17,19-23H,4,9-11,18,24-27H2,1H3. The minimum Gasteiger partial charge on any atom is -0.453 e. The molecule has 0 saturated carbocycles. The highest BCUT2D eigenvalue weighted by molar-refractivity contribution is 5.71. The van der Waals surface area contributed by atoms with Gasteiger partial charge >= 0.3 is 5.79 Å². The number of fused-ring (bicyclic) bond motifs is 3. The van der Waals surface area contributed by atoms with Crippen LogP contribution in [0.3, 0.4) is 0 Å². The fourth-order valence-corrected chi connectivity index (χ4v) is 6.33. The van der Waals surface area contributed by atoms with Crippen molar-refractivity contribution in [3.63, 3.8) is 0 Å². The number of allylic oxidation sites excluding steroid dienone is 1. The van der Waals surface area contributed by atoms with E-state index in [2.05, 4.69) is 53.3 Å². The van der Waals surface area contributed by atoms with Crippen LogP contribution in [-0.2, 0) is 12.2 Å². The number of hydrogen-bond acceptors (Lipinski definition) is 5. The van der Waals surface area contributed by atoms with Gasteiger partial charge in [0.05, 0.1) is 0 Å². The molecule has 214 valence electrons. The number of hydrogen-bond donors (Lipinski definition) is 0. The zero-order chi connectivity index (χ0) is 28.4. The van der Waals surface area contributed by atoms with Crippen LogP contribution in [-0.4, -0.2) is 38.1 Å². The lowest BCUT2D eigenvalue weighted by atomic mass is 9.97. The van der Waals surface area contributed by atoms with Crippen LogP contribution in [0.4, 0.5) is 5.69 Å². The lowest BCUT2D eigenvalue weighted by molar-refractivity contribution is -0.0465. The second-order valence-electron chi connectivity index (χ2n) is 11.5. The molecule has 4 aromatic carbocycles. The van der Waals surface area contributed by atoms with Gasteiger partial charge in [-0.1, -0.05) is 73.2 Å². The van der Waals surface area contributed by atoms with Gasteiger partial charge < -0.3 is 24.0 Å². The normalized spacial score (nSPS) is 17.2. The highest BCUT2D eigenvalue weighted by atomic mass is 16.7. The third-order valence-electron chi connectivity index (χ3n) is 8.69. The van der Waals surface area contributed by atoms with Crippen molar-refractivity contribution in [1.82, 2.24) is 4.90 Å². The Balaban J connectivity index is 1.08. The van der Waals surface area contributed by atoms with Crippen molar-refractivity contribution in [3.05, 3.63) is 125 Å². The predicted octanol–water partition coefficient (Wildman–Crippen LogP) is 7.65. The van der Waals surface area contributed by atoms with Gasteiger partial charge in [0.1, 0.15) is 5.76 Å². The molecule has 7 rings (SSSR count). The Morgan fingerprint density at radius 3 is 2.12 bits per heavy atom. The summed E-state index contributed by atoms with van der Waals surface area (Å²) in [4.78, 5) is 4.96. The summed E-state index contributed by atoms with van der Waals surface area (Å²) < 4.78 is 20.0. The second-order valence-corrected chi connectivity index (χ2v) is 11.5. The smallest absolute Gasteiger partial charge is 0.305 e. The number of rotatable bonds is 8. The van der Waals surface area contributed by atoms with E-state index < -0.39 is 5.79 Å². The lowest BCUT2D eigenvalue weighted by Gasteiger charge is -2.29. The first-order valence-corrected chi connectivity index (χ1v) is 15.3. The summed E-state index contributed by atoms with van der Waals surface area (Å²) in [7, 11) is 2.18. The van der Waals surface area contributed by atoms with Crippen molar-refractivity contribution in [2.75, 3.05) is 38.1 Å². The van der Waals surface area contributed by atoms with E-state index in [1.807, 2.05) is 66.7 Å². The Hall–Kier alpha value is -4.22. The van der Waals surface area contributed by atoms with E-state index in [1.54, 1.807) is 0 Å². The summed E-state index contributed by atoms with van der Waals surface area (Å²) in [6.45, 7) is 4.76. The largest absolute Gasteiger partial charge is 0.453 e. The summed E-state index contributed by atoms with van der Waals surface area (Å²) in [5.41, 5.74) is 5.23. The maximum absolute atomic E-state index is 6.80. The lowest BCUT2D eigenvalue weighted by Crippen LogP contribution is -2.36. The number of anilines is 1. The Bertz CT molecular complexity index is 1500. The van der Waals surface area contributed by atoms with Gasteiger partial charge in [-0.2, -0.15) is 0 Å². The molecule has 1 fully saturated rings. The molecule has 0 radical (unpaired) electrons. The molecule has 5 heteroatoms. The van der Waals surface area contributed by atoms with Crippen molar-refractivity contribution in [2.24, 2.45) is 0 Å². The van der Waals surface area contributed by atoms with Crippen LogP contribution in [0.5, 0.6) is 17.2 Å². The number of likely N-dealkylation sites (tertiary alicyclic amines) is 1. The van der Waals surface area contributed by atoms with Gasteiger partial charge in [0.15, 0.2) is 11.5 Å². The van der Waals surface area contributed by atoms with Crippen LogP contribution in [0.25, 0.3) is 5.76 Å². The number of nitrogens with zero attached hydrogens (tertiary/aromatic N) is 2. The number of ether oxygens (including phenoxy) is 3. The van der Waals surface area contributed by atoms with Crippen molar-refractivity contribution in [1.29, 1.82) is 0 Å². The average Bonchev–Trinajstić information content (AvgIpc) is 3.48. The molecule has 3 aliphatic rings. The molecule has 0 atom stereocenters. The SMILES string of the molecule is CN(CCCN1CCCCC1)c1ccc(C2=CCc3ccc4c(c3O2)OC(c2ccccc2)(c2ccccc2)O4)cc1. The summed E-state index contributed by atoms with van der Waals surface area (Å²) >= 11 is 0. The van der Waals surface area contributed by atoms with Gasteiger partial charge in [0.2, 0.25) is 5.75 Å². The van der Waals surface area contributed by atoms with E-state index >= 15 is 0 Å². The van der Waals surface area contributed by atoms with Gasteiger partial charge in [0.25, 0.3) is 0 Å². The Morgan fingerprint density at radius 2 is 1.43 bits per heavy atom. The van der Waals surface area contributed by atoms with Crippen LogP contribution < -0.4 is 19.1 Å². The maximum Gasteiger partial charge on any atom is 0.305 e. The predicted molar refractivity (Wildman–Crippen MR) is 168 cm³/mol. The fourth-order valence-electron chi connectivity index (χ4n) is 6.33. The van der Waals surface area contributed by atoms with E-state index in [0.29, 0.717) is 11.5 Å². The van der Waals surface area contributed by atoms with E-state index in [9.17, 15) is 0 Å².